The van der Waals surface area contributed by atoms with Crippen molar-refractivity contribution in [2.45, 2.75) is 125 Å². The fraction of sp³-hybridized carbons (Fsp3) is 0.844. The summed E-state index contributed by atoms with van der Waals surface area (Å²) in [7, 11) is 0. The molecule has 0 radical (unpaired) electrons. The van der Waals surface area contributed by atoms with Crippen molar-refractivity contribution in [3.63, 3.8) is 0 Å². The minimum absolute atomic E-state index is 0.000692. The summed E-state index contributed by atoms with van der Waals surface area (Å²) in [6, 6.07) is 0. The van der Waals surface area contributed by atoms with Crippen LogP contribution in [-0.4, -0.2) is 12.1 Å². The first-order valence-electron chi connectivity index (χ1n) is 14.7. The standard InChI is InChI=1S/C32H51ClO2/c1-20(2)9-8-10-21(3)27-13-14-28-26-12-11-24-19-25(35-30(34)22(4)23(5)33)15-17-31(24,6)29(26)16-18-32(27,28)7/h11,20-21,25-29H,8-10,12-19H2,1-7H3/t21?,25-,26?,27?,28?,29?,31-,32+/m0/s1. The van der Waals surface area contributed by atoms with Gasteiger partial charge in [-0.1, -0.05) is 77.1 Å². The predicted molar refractivity (Wildman–Crippen MR) is 147 cm³/mol. The van der Waals surface area contributed by atoms with Crippen molar-refractivity contribution in [3.8, 4) is 0 Å². The third kappa shape index (κ3) is 5.17. The Hall–Kier alpha value is -0.760. The Bertz CT molecular complexity index is 852. The Morgan fingerprint density at radius 3 is 2.49 bits per heavy atom. The number of ether oxygens (including phenoxy) is 1. The van der Waals surface area contributed by atoms with Crippen molar-refractivity contribution in [1.82, 2.24) is 0 Å². The molecule has 3 saturated carbocycles. The second-order valence-corrected chi connectivity index (χ2v) is 14.3. The number of fused-ring (bicyclic) bond motifs is 5. The van der Waals surface area contributed by atoms with Gasteiger partial charge in [-0.25, -0.2) is 4.79 Å². The number of hydrogen-bond donors (Lipinski definition) is 0. The van der Waals surface area contributed by atoms with Crippen molar-refractivity contribution >= 4 is 17.6 Å². The van der Waals surface area contributed by atoms with E-state index >= 15 is 0 Å². The van der Waals surface area contributed by atoms with Crippen molar-refractivity contribution < 1.29 is 9.53 Å². The Morgan fingerprint density at radius 1 is 1.06 bits per heavy atom. The molecule has 4 aliphatic rings. The smallest absolute Gasteiger partial charge is 0.335 e. The van der Waals surface area contributed by atoms with Crippen LogP contribution in [0.15, 0.2) is 22.3 Å². The molecule has 0 saturated heterocycles. The topological polar surface area (TPSA) is 26.3 Å². The molecule has 0 aromatic heterocycles. The number of allylic oxidation sites excluding steroid dienone is 2. The molecule has 0 aliphatic heterocycles. The summed E-state index contributed by atoms with van der Waals surface area (Å²) in [6.07, 6.45) is 16.8. The van der Waals surface area contributed by atoms with E-state index in [1.807, 2.05) is 0 Å². The van der Waals surface area contributed by atoms with E-state index in [0.717, 1.165) is 54.8 Å². The van der Waals surface area contributed by atoms with Crippen LogP contribution in [-0.2, 0) is 9.53 Å². The van der Waals surface area contributed by atoms with E-state index in [-0.39, 0.29) is 12.1 Å². The fourth-order valence-corrected chi connectivity index (χ4v) is 9.21. The molecule has 0 N–H and O–H groups in total. The lowest BCUT2D eigenvalue weighted by atomic mass is 9.47. The summed E-state index contributed by atoms with van der Waals surface area (Å²) in [4.78, 5) is 12.5. The highest BCUT2D eigenvalue weighted by Crippen LogP contribution is 2.67. The molecule has 4 rings (SSSR count). The first kappa shape index (κ1) is 27.3. The molecule has 4 aliphatic carbocycles. The van der Waals surface area contributed by atoms with Gasteiger partial charge in [-0.05, 0) is 105 Å². The molecule has 0 amide bonds. The van der Waals surface area contributed by atoms with Crippen molar-refractivity contribution in [2.24, 2.45) is 46.3 Å². The van der Waals surface area contributed by atoms with Gasteiger partial charge in [0.15, 0.2) is 0 Å². The maximum absolute atomic E-state index is 12.5. The average molecular weight is 503 g/mol. The van der Waals surface area contributed by atoms with Gasteiger partial charge in [0, 0.05) is 17.0 Å². The zero-order chi connectivity index (χ0) is 25.5. The summed E-state index contributed by atoms with van der Waals surface area (Å²) in [5.74, 6) is 4.91. The third-order valence-electron chi connectivity index (χ3n) is 11.4. The number of carbonyl (C=O) groups is 1. The zero-order valence-electron chi connectivity index (χ0n) is 23.6. The largest absolute Gasteiger partial charge is 0.459 e. The first-order valence-corrected chi connectivity index (χ1v) is 15.1. The fourth-order valence-electron chi connectivity index (χ4n) is 9.13. The van der Waals surface area contributed by atoms with E-state index in [1.54, 1.807) is 19.4 Å². The number of carbonyl (C=O) groups excluding carboxylic acids is 1. The molecule has 35 heavy (non-hydrogen) atoms. The third-order valence-corrected chi connectivity index (χ3v) is 11.6. The van der Waals surface area contributed by atoms with Crippen molar-refractivity contribution in [3.05, 3.63) is 22.3 Å². The van der Waals surface area contributed by atoms with Crippen LogP contribution >= 0.6 is 11.6 Å². The highest BCUT2D eigenvalue weighted by molar-refractivity contribution is 6.31. The van der Waals surface area contributed by atoms with E-state index in [4.69, 9.17) is 16.3 Å². The summed E-state index contributed by atoms with van der Waals surface area (Å²) < 4.78 is 5.90. The van der Waals surface area contributed by atoms with Gasteiger partial charge in [0.1, 0.15) is 6.10 Å². The quantitative estimate of drug-likeness (QED) is 0.197. The van der Waals surface area contributed by atoms with Crippen molar-refractivity contribution in [2.75, 3.05) is 0 Å². The SMILES string of the molecule is CC(Cl)=C(C)C(=O)O[C@H]1CC[C@@]2(C)C(=CCC3C4CCC(C(C)CCCC(C)C)[C@@]4(C)CCC32)C1. The lowest BCUT2D eigenvalue weighted by Crippen LogP contribution is -2.51. The van der Waals surface area contributed by atoms with Crippen LogP contribution < -0.4 is 0 Å². The number of esters is 1. The van der Waals surface area contributed by atoms with E-state index < -0.39 is 0 Å². The summed E-state index contributed by atoms with van der Waals surface area (Å²) in [5.41, 5.74) is 2.95. The molecule has 0 spiro atoms. The maximum atomic E-state index is 12.5. The minimum Gasteiger partial charge on any atom is -0.459 e. The highest BCUT2D eigenvalue weighted by atomic mass is 35.5. The molecule has 0 aromatic carbocycles. The highest BCUT2D eigenvalue weighted by Gasteiger charge is 2.59. The van der Waals surface area contributed by atoms with Gasteiger partial charge in [0.05, 0.1) is 0 Å². The van der Waals surface area contributed by atoms with Gasteiger partial charge < -0.3 is 4.74 Å². The van der Waals surface area contributed by atoms with Crippen LogP contribution in [0.25, 0.3) is 0 Å². The Kier molecular flexibility index (Phi) is 8.22. The normalized spacial score (nSPS) is 40.3. The second-order valence-electron chi connectivity index (χ2n) is 13.7. The van der Waals surface area contributed by atoms with Gasteiger partial charge in [0.2, 0.25) is 0 Å². The van der Waals surface area contributed by atoms with E-state index in [0.29, 0.717) is 21.4 Å². The van der Waals surface area contributed by atoms with Crippen LogP contribution in [0.1, 0.15) is 119 Å². The second kappa shape index (κ2) is 10.5. The van der Waals surface area contributed by atoms with Crippen molar-refractivity contribution in [1.29, 1.82) is 0 Å². The van der Waals surface area contributed by atoms with Crippen LogP contribution in [0.3, 0.4) is 0 Å². The molecular formula is C32H51ClO2. The number of halogens is 1. The van der Waals surface area contributed by atoms with Gasteiger partial charge >= 0.3 is 5.97 Å². The summed E-state index contributed by atoms with van der Waals surface area (Å²) in [6.45, 7) is 16.0. The van der Waals surface area contributed by atoms with E-state index in [2.05, 4.69) is 40.7 Å². The van der Waals surface area contributed by atoms with E-state index in [9.17, 15) is 4.79 Å². The van der Waals surface area contributed by atoms with Crippen LogP contribution in [0.4, 0.5) is 0 Å². The molecule has 198 valence electrons. The molecule has 0 heterocycles. The average Bonchev–Trinajstić information content (AvgIpc) is 3.15. The van der Waals surface area contributed by atoms with Crippen LogP contribution in [0.2, 0.25) is 0 Å². The molecular weight excluding hydrogens is 452 g/mol. The van der Waals surface area contributed by atoms with Crippen LogP contribution in [0.5, 0.6) is 0 Å². The van der Waals surface area contributed by atoms with Gasteiger partial charge in [0.25, 0.3) is 0 Å². The van der Waals surface area contributed by atoms with Crippen LogP contribution in [0, 0.1) is 46.3 Å². The van der Waals surface area contributed by atoms with E-state index in [1.165, 1.54) is 51.4 Å². The molecule has 8 atom stereocenters. The Labute approximate surface area is 220 Å². The summed E-state index contributed by atoms with van der Waals surface area (Å²) >= 11 is 6.04. The van der Waals surface area contributed by atoms with Gasteiger partial charge in [-0.3, -0.25) is 0 Å². The zero-order valence-corrected chi connectivity index (χ0v) is 24.3. The molecule has 3 fully saturated rings. The minimum atomic E-state index is -0.242. The van der Waals surface area contributed by atoms with Gasteiger partial charge in [-0.15, -0.1) is 0 Å². The Balaban J connectivity index is 1.44. The predicted octanol–water partition coefficient (Wildman–Crippen LogP) is 9.47. The van der Waals surface area contributed by atoms with Gasteiger partial charge in [-0.2, -0.15) is 0 Å². The number of rotatable bonds is 7. The molecule has 5 unspecified atom stereocenters. The molecule has 2 nitrogen and oxygen atoms in total. The summed E-state index contributed by atoms with van der Waals surface area (Å²) in [5, 5.41) is 0.532. The maximum Gasteiger partial charge on any atom is 0.335 e. The Morgan fingerprint density at radius 2 is 1.80 bits per heavy atom. The monoisotopic (exact) mass is 502 g/mol. The lowest BCUT2D eigenvalue weighted by molar-refractivity contribution is -0.146. The number of hydrogen-bond acceptors (Lipinski definition) is 2. The molecule has 0 aromatic rings. The first-order chi connectivity index (χ1) is 16.5. The molecule has 3 heteroatoms. The lowest BCUT2D eigenvalue weighted by Gasteiger charge is -2.58. The molecule has 0 bridgehead atoms.